The highest BCUT2D eigenvalue weighted by molar-refractivity contribution is 5.84. The van der Waals surface area contributed by atoms with Crippen LogP contribution in [0, 0.1) is 22.6 Å². The molecule has 1 aromatic rings. The van der Waals surface area contributed by atoms with Crippen LogP contribution in [0.5, 0.6) is 0 Å². The van der Waals surface area contributed by atoms with Crippen LogP contribution in [0.15, 0.2) is 24.3 Å². The highest BCUT2D eigenvalue weighted by Crippen LogP contribution is 2.56. The summed E-state index contributed by atoms with van der Waals surface area (Å²) < 4.78 is 13.0. The number of likely N-dealkylation sites (tertiary alicyclic amines) is 1. The van der Waals surface area contributed by atoms with Gasteiger partial charge in [0, 0.05) is 45.3 Å². The maximum atomic E-state index is 13.3. The minimum absolute atomic E-state index is 0.143. The number of benzene rings is 1. The van der Waals surface area contributed by atoms with Crippen molar-refractivity contribution in [3.8, 4) is 0 Å². The molecule has 0 radical (unpaired) electrons. The Labute approximate surface area is 167 Å². The monoisotopic (exact) mass is 385 g/mol. The topological polar surface area (TPSA) is 35.6 Å². The van der Waals surface area contributed by atoms with Gasteiger partial charge < -0.3 is 15.1 Å². The fourth-order valence-corrected chi connectivity index (χ4v) is 6.85. The Bertz CT molecular complexity index is 735. The van der Waals surface area contributed by atoms with E-state index in [2.05, 4.69) is 22.0 Å². The Kier molecular flexibility index (Phi) is 4.51. The van der Waals surface area contributed by atoms with Crippen molar-refractivity contribution in [2.75, 3.05) is 39.3 Å². The first-order chi connectivity index (χ1) is 13.4. The van der Waals surface area contributed by atoms with Crippen LogP contribution in [0.2, 0.25) is 0 Å². The van der Waals surface area contributed by atoms with E-state index >= 15 is 0 Å². The molecular formula is C23H32FN3O. The molecule has 5 unspecified atom stereocenters. The number of nitrogens with one attached hydrogen (secondary N) is 1. The first-order valence-electron chi connectivity index (χ1n) is 10.9. The SMILES string of the molecule is CC12CC3CN(C1)CC(C(=O)NC1CCN(CCc4ccc(F)cc4)C1)(C3)C2. The van der Waals surface area contributed by atoms with Crippen LogP contribution in [0.4, 0.5) is 4.39 Å². The fourth-order valence-electron chi connectivity index (χ4n) is 6.85. The van der Waals surface area contributed by atoms with Gasteiger partial charge in [0.1, 0.15) is 5.82 Å². The Morgan fingerprint density at radius 3 is 2.79 bits per heavy atom. The van der Waals surface area contributed by atoms with Gasteiger partial charge in [-0.05, 0) is 61.1 Å². The second kappa shape index (κ2) is 6.81. The zero-order valence-electron chi connectivity index (χ0n) is 16.9. The summed E-state index contributed by atoms with van der Waals surface area (Å²) in [6.07, 6.45) is 5.43. The van der Waals surface area contributed by atoms with Crippen LogP contribution >= 0.6 is 0 Å². The molecule has 5 aliphatic rings. The summed E-state index contributed by atoms with van der Waals surface area (Å²) in [6, 6.07) is 7.08. The summed E-state index contributed by atoms with van der Waals surface area (Å²) in [4.78, 5) is 18.3. The molecule has 4 saturated heterocycles. The normalized spacial score (nSPS) is 39.4. The lowest BCUT2D eigenvalue weighted by molar-refractivity contribution is -0.161. The minimum atomic E-state index is -0.178. The minimum Gasteiger partial charge on any atom is -0.352 e. The Balaban J connectivity index is 1.15. The standard InChI is InChI=1S/C23H32FN3O/c1-22-10-18-11-23(14-22,16-27(12-18)15-22)21(28)25-20-7-9-26(13-20)8-6-17-2-4-19(24)5-3-17/h2-5,18,20H,6-16H2,1H3,(H,25,28). The third kappa shape index (κ3) is 3.48. The Morgan fingerprint density at radius 2 is 2.04 bits per heavy atom. The molecule has 4 aliphatic heterocycles. The molecule has 1 amide bonds. The number of carbonyl (C=O) groups excluding carboxylic acids is 1. The number of carbonyl (C=O) groups is 1. The first kappa shape index (κ1) is 18.6. The fraction of sp³-hybridized carbons (Fsp3) is 0.696. The van der Waals surface area contributed by atoms with Crippen molar-refractivity contribution >= 4 is 5.91 Å². The molecule has 5 atom stereocenters. The number of hydrogen-bond donors (Lipinski definition) is 1. The largest absolute Gasteiger partial charge is 0.352 e. The van der Waals surface area contributed by atoms with Gasteiger partial charge in [-0.15, -0.1) is 0 Å². The van der Waals surface area contributed by atoms with E-state index in [1.165, 1.54) is 37.2 Å². The molecular weight excluding hydrogens is 353 g/mol. The molecule has 1 aliphatic carbocycles. The van der Waals surface area contributed by atoms with Crippen LogP contribution in [-0.4, -0.2) is 61.0 Å². The smallest absolute Gasteiger partial charge is 0.227 e. The third-order valence-corrected chi connectivity index (χ3v) is 7.59. The highest BCUT2D eigenvalue weighted by Gasteiger charge is 2.58. The molecule has 4 bridgehead atoms. The zero-order chi connectivity index (χ0) is 19.4. The number of piperidine rings is 3. The molecule has 5 fully saturated rings. The summed E-state index contributed by atoms with van der Waals surface area (Å²) in [5, 5.41) is 3.43. The summed E-state index contributed by atoms with van der Waals surface area (Å²) >= 11 is 0. The van der Waals surface area contributed by atoms with E-state index in [1.54, 1.807) is 0 Å². The van der Waals surface area contributed by atoms with E-state index in [4.69, 9.17) is 0 Å². The van der Waals surface area contributed by atoms with Crippen molar-refractivity contribution in [2.45, 2.75) is 45.1 Å². The number of halogens is 1. The molecule has 4 nitrogen and oxygen atoms in total. The Morgan fingerprint density at radius 1 is 1.21 bits per heavy atom. The van der Waals surface area contributed by atoms with E-state index in [0.717, 1.165) is 51.9 Å². The Hall–Kier alpha value is -1.46. The van der Waals surface area contributed by atoms with E-state index in [0.29, 0.717) is 17.2 Å². The van der Waals surface area contributed by atoms with Crippen LogP contribution < -0.4 is 5.32 Å². The molecule has 1 N–H and O–H groups in total. The van der Waals surface area contributed by atoms with Gasteiger partial charge in [-0.3, -0.25) is 4.79 Å². The third-order valence-electron chi connectivity index (χ3n) is 7.59. The molecule has 6 rings (SSSR count). The van der Waals surface area contributed by atoms with Gasteiger partial charge in [0.15, 0.2) is 0 Å². The van der Waals surface area contributed by atoms with Gasteiger partial charge in [0.05, 0.1) is 5.41 Å². The number of hydrogen-bond acceptors (Lipinski definition) is 3. The van der Waals surface area contributed by atoms with Crippen molar-refractivity contribution in [3.05, 3.63) is 35.6 Å². The lowest BCUT2D eigenvalue weighted by Gasteiger charge is -2.61. The number of amides is 1. The summed E-state index contributed by atoms with van der Waals surface area (Å²) in [7, 11) is 0. The van der Waals surface area contributed by atoms with Gasteiger partial charge in [-0.2, -0.15) is 0 Å². The maximum Gasteiger partial charge on any atom is 0.227 e. The van der Waals surface area contributed by atoms with Gasteiger partial charge >= 0.3 is 0 Å². The number of nitrogens with zero attached hydrogens (tertiary/aromatic N) is 2. The van der Waals surface area contributed by atoms with E-state index in [-0.39, 0.29) is 17.3 Å². The molecule has 5 heteroatoms. The van der Waals surface area contributed by atoms with Crippen molar-refractivity contribution in [2.24, 2.45) is 16.7 Å². The highest BCUT2D eigenvalue weighted by atomic mass is 19.1. The van der Waals surface area contributed by atoms with Gasteiger partial charge in [0.25, 0.3) is 0 Å². The average molecular weight is 386 g/mol. The number of rotatable bonds is 5. The molecule has 28 heavy (non-hydrogen) atoms. The van der Waals surface area contributed by atoms with Crippen LogP contribution in [0.1, 0.15) is 38.2 Å². The van der Waals surface area contributed by atoms with Crippen LogP contribution in [0.25, 0.3) is 0 Å². The quantitative estimate of drug-likeness (QED) is 0.847. The van der Waals surface area contributed by atoms with Crippen molar-refractivity contribution < 1.29 is 9.18 Å². The molecule has 152 valence electrons. The summed E-state index contributed by atoms with van der Waals surface area (Å²) in [6.45, 7) is 8.67. The van der Waals surface area contributed by atoms with Crippen molar-refractivity contribution in [1.29, 1.82) is 0 Å². The van der Waals surface area contributed by atoms with Gasteiger partial charge in [-0.1, -0.05) is 19.1 Å². The average Bonchev–Trinajstić information content (AvgIpc) is 3.06. The van der Waals surface area contributed by atoms with E-state index in [1.807, 2.05) is 12.1 Å². The molecule has 4 heterocycles. The van der Waals surface area contributed by atoms with Crippen LogP contribution in [-0.2, 0) is 11.2 Å². The van der Waals surface area contributed by atoms with Crippen molar-refractivity contribution in [3.63, 3.8) is 0 Å². The van der Waals surface area contributed by atoms with Crippen LogP contribution in [0.3, 0.4) is 0 Å². The first-order valence-corrected chi connectivity index (χ1v) is 10.9. The van der Waals surface area contributed by atoms with Crippen molar-refractivity contribution in [1.82, 2.24) is 15.1 Å². The molecule has 0 aromatic heterocycles. The summed E-state index contributed by atoms with van der Waals surface area (Å²) in [5.41, 5.74) is 1.37. The molecule has 1 saturated carbocycles. The van der Waals surface area contributed by atoms with E-state index in [9.17, 15) is 9.18 Å². The predicted molar refractivity (Wildman–Crippen MR) is 107 cm³/mol. The zero-order valence-corrected chi connectivity index (χ0v) is 16.9. The maximum absolute atomic E-state index is 13.3. The second-order valence-corrected chi connectivity index (χ2v) is 10.3. The molecule has 1 aromatic carbocycles. The molecule has 0 spiro atoms. The second-order valence-electron chi connectivity index (χ2n) is 10.3. The lowest BCUT2D eigenvalue weighted by Crippen LogP contribution is -2.67. The predicted octanol–water partition coefficient (Wildman–Crippen LogP) is 2.68. The van der Waals surface area contributed by atoms with Gasteiger partial charge in [0.2, 0.25) is 5.91 Å². The van der Waals surface area contributed by atoms with E-state index < -0.39 is 0 Å². The summed E-state index contributed by atoms with van der Waals surface area (Å²) in [5.74, 6) is 0.851. The van der Waals surface area contributed by atoms with Gasteiger partial charge in [-0.25, -0.2) is 4.39 Å². The lowest BCUT2D eigenvalue weighted by atomic mass is 9.53.